The Morgan fingerprint density at radius 3 is 2.75 bits per heavy atom. The molecule has 0 saturated carbocycles. The van der Waals surface area contributed by atoms with Gasteiger partial charge in [-0.1, -0.05) is 6.92 Å². The topological polar surface area (TPSA) is 61.3 Å². The number of hydrogen-bond donors (Lipinski definition) is 2. The van der Waals surface area contributed by atoms with E-state index in [1.54, 1.807) is 18.3 Å². The third kappa shape index (κ3) is 2.54. The average Bonchev–Trinajstić information content (AvgIpc) is 2.89. The van der Waals surface area contributed by atoms with Gasteiger partial charge >= 0.3 is 0 Å². The van der Waals surface area contributed by atoms with Crippen LogP contribution in [0.1, 0.15) is 18.3 Å². The van der Waals surface area contributed by atoms with Crippen LogP contribution in [0.15, 0.2) is 47.5 Å². The first-order valence-corrected chi connectivity index (χ1v) is 6.56. The monoisotopic (exact) mass is 265 g/mol. The number of aromatic hydroxyl groups is 1. The number of H-pyrrole nitrogens is 1. The summed E-state index contributed by atoms with van der Waals surface area (Å²) in [5.41, 5.74) is 3.78. The highest BCUT2D eigenvalue weighted by Crippen LogP contribution is 2.20. The van der Waals surface area contributed by atoms with Crippen LogP contribution in [0.5, 0.6) is 5.75 Å². The van der Waals surface area contributed by atoms with Crippen LogP contribution in [0.2, 0.25) is 0 Å². The molecule has 100 valence electrons. The number of benzene rings is 2. The molecule has 0 aliphatic carbocycles. The lowest BCUT2D eigenvalue weighted by molar-refractivity contribution is 0.475. The predicted molar refractivity (Wildman–Crippen MR) is 80.8 cm³/mol. The summed E-state index contributed by atoms with van der Waals surface area (Å²) in [6.07, 6.45) is 2.67. The minimum atomic E-state index is 0.258. The Morgan fingerprint density at radius 2 is 2.00 bits per heavy atom. The third-order valence-electron chi connectivity index (χ3n) is 3.11. The Kier molecular flexibility index (Phi) is 3.21. The van der Waals surface area contributed by atoms with Gasteiger partial charge in [0.05, 0.1) is 16.7 Å². The number of phenols is 1. The second-order valence-electron chi connectivity index (χ2n) is 4.59. The maximum atomic E-state index is 9.23. The van der Waals surface area contributed by atoms with Crippen LogP contribution < -0.4 is 0 Å². The number of imidazole rings is 1. The summed E-state index contributed by atoms with van der Waals surface area (Å²) < 4.78 is 0. The van der Waals surface area contributed by atoms with E-state index in [2.05, 4.69) is 21.9 Å². The molecule has 3 aromatic rings. The van der Waals surface area contributed by atoms with Gasteiger partial charge in [-0.15, -0.1) is 0 Å². The molecule has 0 aliphatic heterocycles. The average molecular weight is 265 g/mol. The van der Waals surface area contributed by atoms with E-state index < -0.39 is 0 Å². The molecule has 4 nitrogen and oxygen atoms in total. The summed E-state index contributed by atoms with van der Waals surface area (Å²) in [5.74, 6) is 1.24. The SMILES string of the molecule is CCc1nc2ccc(N=Cc3ccc(O)cc3)cc2[nH]1. The number of aromatic nitrogens is 2. The third-order valence-corrected chi connectivity index (χ3v) is 3.11. The van der Waals surface area contributed by atoms with Crippen molar-refractivity contribution in [2.45, 2.75) is 13.3 Å². The standard InChI is InChI=1S/C16H15N3O/c1-2-16-18-14-8-5-12(9-15(14)19-16)17-10-11-3-6-13(20)7-4-11/h3-10,20H,2H2,1H3,(H,18,19). The quantitative estimate of drug-likeness (QED) is 0.711. The van der Waals surface area contributed by atoms with Crippen LogP contribution >= 0.6 is 0 Å². The van der Waals surface area contributed by atoms with E-state index >= 15 is 0 Å². The van der Waals surface area contributed by atoms with Crippen molar-refractivity contribution in [1.29, 1.82) is 0 Å². The van der Waals surface area contributed by atoms with Crippen LogP contribution in [-0.4, -0.2) is 21.3 Å². The van der Waals surface area contributed by atoms with Gasteiger partial charge in [-0.3, -0.25) is 4.99 Å². The Balaban J connectivity index is 1.88. The van der Waals surface area contributed by atoms with Crippen molar-refractivity contribution < 1.29 is 5.11 Å². The lowest BCUT2D eigenvalue weighted by Crippen LogP contribution is -1.79. The van der Waals surface area contributed by atoms with E-state index in [9.17, 15) is 5.11 Å². The molecular formula is C16H15N3O. The van der Waals surface area contributed by atoms with Gasteiger partial charge in [-0.05, 0) is 48.0 Å². The fourth-order valence-electron chi connectivity index (χ4n) is 2.01. The van der Waals surface area contributed by atoms with E-state index in [0.717, 1.165) is 34.5 Å². The second-order valence-corrected chi connectivity index (χ2v) is 4.59. The van der Waals surface area contributed by atoms with Crippen LogP contribution in [0.25, 0.3) is 11.0 Å². The normalized spacial score (nSPS) is 11.4. The number of hydrogen-bond acceptors (Lipinski definition) is 3. The zero-order valence-electron chi connectivity index (χ0n) is 11.2. The first kappa shape index (κ1) is 12.4. The van der Waals surface area contributed by atoms with Gasteiger partial charge in [-0.25, -0.2) is 4.98 Å². The lowest BCUT2D eigenvalue weighted by Gasteiger charge is -1.95. The van der Waals surface area contributed by atoms with Gasteiger partial charge in [0.1, 0.15) is 11.6 Å². The smallest absolute Gasteiger partial charge is 0.115 e. The molecular weight excluding hydrogens is 250 g/mol. The minimum absolute atomic E-state index is 0.258. The zero-order valence-corrected chi connectivity index (χ0v) is 11.2. The van der Waals surface area contributed by atoms with Crippen LogP contribution in [0.4, 0.5) is 5.69 Å². The number of phenolic OH excluding ortho intramolecular Hbond substituents is 1. The summed E-state index contributed by atoms with van der Waals surface area (Å²) in [6, 6.07) is 12.8. The molecule has 0 unspecified atom stereocenters. The maximum Gasteiger partial charge on any atom is 0.115 e. The molecule has 0 amide bonds. The second kappa shape index (κ2) is 5.17. The summed E-state index contributed by atoms with van der Waals surface area (Å²) in [6.45, 7) is 2.07. The summed E-state index contributed by atoms with van der Waals surface area (Å²) >= 11 is 0. The molecule has 0 bridgehead atoms. The largest absolute Gasteiger partial charge is 0.508 e. The van der Waals surface area contributed by atoms with Crippen LogP contribution in [0, 0.1) is 0 Å². The molecule has 0 atom stereocenters. The Bertz CT molecular complexity index is 757. The fourth-order valence-corrected chi connectivity index (χ4v) is 2.01. The molecule has 0 spiro atoms. The molecule has 4 heteroatoms. The first-order valence-electron chi connectivity index (χ1n) is 6.56. The fraction of sp³-hybridized carbons (Fsp3) is 0.125. The Labute approximate surface area is 116 Å². The van der Waals surface area contributed by atoms with Crippen LogP contribution in [0.3, 0.4) is 0 Å². The highest BCUT2D eigenvalue weighted by molar-refractivity contribution is 5.84. The molecule has 0 aliphatic rings. The van der Waals surface area contributed by atoms with Gasteiger partial charge in [0.15, 0.2) is 0 Å². The molecule has 3 rings (SSSR count). The van der Waals surface area contributed by atoms with Crippen molar-refractivity contribution >= 4 is 22.9 Å². The molecule has 2 N–H and O–H groups in total. The first-order chi connectivity index (χ1) is 9.74. The Morgan fingerprint density at radius 1 is 1.20 bits per heavy atom. The van der Waals surface area contributed by atoms with Crippen molar-refractivity contribution in [3.05, 3.63) is 53.9 Å². The van der Waals surface area contributed by atoms with Gasteiger partial charge in [0.25, 0.3) is 0 Å². The predicted octanol–water partition coefficient (Wildman–Crippen LogP) is 3.58. The van der Waals surface area contributed by atoms with E-state index in [-0.39, 0.29) is 5.75 Å². The van der Waals surface area contributed by atoms with Crippen molar-refractivity contribution in [3.63, 3.8) is 0 Å². The Hall–Kier alpha value is -2.62. The molecule has 2 aromatic carbocycles. The van der Waals surface area contributed by atoms with Gasteiger partial charge < -0.3 is 10.1 Å². The maximum absolute atomic E-state index is 9.23. The number of aliphatic imine (C=N–C) groups is 1. The highest BCUT2D eigenvalue weighted by Gasteiger charge is 2.01. The highest BCUT2D eigenvalue weighted by atomic mass is 16.3. The zero-order chi connectivity index (χ0) is 13.9. The summed E-state index contributed by atoms with van der Waals surface area (Å²) in [4.78, 5) is 12.2. The van der Waals surface area contributed by atoms with Crippen molar-refractivity contribution in [1.82, 2.24) is 9.97 Å². The lowest BCUT2D eigenvalue weighted by atomic mass is 10.2. The van der Waals surface area contributed by atoms with Gasteiger partial charge in [0.2, 0.25) is 0 Å². The number of rotatable bonds is 3. The minimum Gasteiger partial charge on any atom is -0.508 e. The molecule has 20 heavy (non-hydrogen) atoms. The van der Waals surface area contributed by atoms with Crippen LogP contribution in [-0.2, 0) is 6.42 Å². The summed E-state index contributed by atoms with van der Waals surface area (Å²) in [7, 11) is 0. The molecule has 0 radical (unpaired) electrons. The molecule has 0 saturated heterocycles. The van der Waals surface area contributed by atoms with E-state index in [4.69, 9.17) is 0 Å². The van der Waals surface area contributed by atoms with E-state index in [1.807, 2.05) is 30.3 Å². The van der Waals surface area contributed by atoms with E-state index in [1.165, 1.54) is 0 Å². The number of fused-ring (bicyclic) bond motifs is 1. The summed E-state index contributed by atoms with van der Waals surface area (Å²) in [5, 5.41) is 9.23. The van der Waals surface area contributed by atoms with Crippen molar-refractivity contribution in [2.24, 2.45) is 4.99 Å². The van der Waals surface area contributed by atoms with E-state index in [0.29, 0.717) is 0 Å². The number of aryl methyl sites for hydroxylation is 1. The van der Waals surface area contributed by atoms with Gasteiger partial charge in [0, 0.05) is 12.6 Å². The number of nitrogens with zero attached hydrogens (tertiary/aromatic N) is 2. The number of nitrogens with one attached hydrogen (secondary N) is 1. The van der Waals surface area contributed by atoms with Crippen molar-refractivity contribution in [3.8, 4) is 5.75 Å². The van der Waals surface area contributed by atoms with Gasteiger partial charge in [-0.2, -0.15) is 0 Å². The number of aromatic amines is 1. The molecule has 1 aromatic heterocycles. The molecule has 1 heterocycles. The molecule has 0 fully saturated rings. The van der Waals surface area contributed by atoms with Crippen molar-refractivity contribution in [2.75, 3.05) is 0 Å².